The molecule has 1 N–H and O–H groups in total. The minimum Gasteiger partial charge on any atom is -0.454 e. The van der Waals surface area contributed by atoms with Crippen LogP contribution < -0.4 is 0 Å². The molecule has 0 aromatic carbocycles. The minimum atomic E-state index is -0.557. The standard InChI is InChI=1S/C15H18O3/c1-8-10-6-11-9(2)12(16)4-5-15(11,3)7-13(10)18-14(8)17/h4-5,11-13,16H,2,6-7H2,1,3H3/t11-,12-,13-,15+/m0/s1. The van der Waals surface area contributed by atoms with Gasteiger partial charge in [-0.25, -0.2) is 4.79 Å². The van der Waals surface area contributed by atoms with Gasteiger partial charge in [0.25, 0.3) is 0 Å². The van der Waals surface area contributed by atoms with Crippen LogP contribution in [0.5, 0.6) is 0 Å². The summed E-state index contributed by atoms with van der Waals surface area (Å²) < 4.78 is 5.41. The molecule has 0 saturated heterocycles. The molecular weight excluding hydrogens is 228 g/mol. The zero-order chi connectivity index (χ0) is 13.1. The van der Waals surface area contributed by atoms with Crippen molar-refractivity contribution in [3.63, 3.8) is 0 Å². The van der Waals surface area contributed by atoms with Crippen LogP contribution in [0.4, 0.5) is 0 Å². The highest BCUT2D eigenvalue weighted by Gasteiger charge is 2.49. The summed E-state index contributed by atoms with van der Waals surface area (Å²) in [6, 6.07) is 0. The SMILES string of the molecule is C=C1[C@@H](O)C=C[C@]2(C)C[C@@H]3OC(=O)C(C)=C3C[C@@H]12. The van der Waals surface area contributed by atoms with Gasteiger partial charge in [-0.05, 0) is 42.2 Å². The summed E-state index contributed by atoms with van der Waals surface area (Å²) in [6.45, 7) is 8.02. The van der Waals surface area contributed by atoms with E-state index < -0.39 is 6.10 Å². The van der Waals surface area contributed by atoms with Crippen LogP contribution in [-0.2, 0) is 9.53 Å². The summed E-state index contributed by atoms with van der Waals surface area (Å²) in [5, 5.41) is 9.89. The number of carbonyl (C=O) groups is 1. The molecule has 1 saturated carbocycles. The maximum atomic E-state index is 11.6. The highest BCUT2D eigenvalue weighted by atomic mass is 16.5. The van der Waals surface area contributed by atoms with E-state index in [4.69, 9.17) is 4.74 Å². The lowest BCUT2D eigenvalue weighted by Crippen LogP contribution is -2.42. The molecule has 3 rings (SSSR count). The Labute approximate surface area is 107 Å². The molecule has 1 heterocycles. The van der Waals surface area contributed by atoms with Crippen molar-refractivity contribution in [1.82, 2.24) is 0 Å². The number of carbonyl (C=O) groups excluding carboxylic acids is 1. The molecule has 1 aliphatic heterocycles. The second-order valence-corrected chi connectivity index (χ2v) is 5.89. The van der Waals surface area contributed by atoms with Gasteiger partial charge in [0.05, 0.1) is 6.10 Å². The van der Waals surface area contributed by atoms with Crippen LogP contribution >= 0.6 is 0 Å². The van der Waals surface area contributed by atoms with Gasteiger partial charge in [-0.1, -0.05) is 25.7 Å². The van der Waals surface area contributed by atoms with Gasteiger partial charge < -0.3 is 9.84 Å². The maximum Gasteiger partial charge on any atom is 0.334 e. The van der Waals surface area contributed by atoms with Crippen molar-refractivity contribution >= 4 is 5.97 Å². The van der Waals surface area contributed by atoms with Crippen LogP contribution in [0, 0.1) is 11.3 Å². The van der Waals surface area contributed by atoms with Gasteiger partial charge in [-0.15, -0.1) is 0 Å². The van der Waals surface area contributed by atoms with Gasteiger partial charge in [-0.3, -0.25) is 0 Å². The molecule has 0 bridgehead atoms. The highest BCUT2D eigenvalue weighted by molar-refractivity contribution is 5.91. The molecule has 3 aliphatic rings. The zero-order valence-corrected chi connectivity index (χ0v) is 10.8. The van der Waals surface area contributed by atoms with Crippen LogP contribution in [0.1, 0.15) is 26.7 Å². The number of allylic oxidation sites excluding steroid dienone is 1. The Morgan fingerprint density at radius 3 is 3.00 bits per heavy atom. The summed E-state index contributed by atoms with van der Waals surface area (Å²) in [6.07, 6.45) is 4.80. The number of hydrogen-bond acceptors (Lipinski definition) is 3. The number of aliphatic hydroxyl groups is 1. The molecule has 2 aliphatic carbocycles. The summed E-state index contributed by atoms with van der Waals surface area (Å²) in [4.78, 5) is 11.6. The molecule has 3 heteroatoms. The van der Waals surface area contributed by atoms with E-state index in [1.165, 1.54) is 0 Å². The first-order valence-corrected chi connectivity index (χ1v) is 6.39. The quantitative estimate of drug-likeness (QED) is 0.526. The first-order chi connectivity index (χ1) is 8.42. The average Bonchev–Trinajstić information content (AvgIpc) is 2.58. The molecule has 0 spiro atoms. The van der Waals surface area contributed by atoms with E-state index in [1.54, 1.807) is 6.08 Å². The molecule has 1 fully saturated rings. The summed E-state index contributed by atoms with van der Waals surface area (Å²) >= 11 is 0. The van der Waals surface area contributed by atoms with Crippen LogP contribution in [-0.4, -0.2) is 23.3 Å². The topological polar surface area (TPSA) is 46.5 Å². The van der Waals surface area contributed by atoms with Gasteiger partial charge >= 0.3 is 5.97 Å². The second-order valence-electron chi connectivity index (χ2n) is 5.89. The summed E-state index contributed by atoms with van der Waals surface area (Å²) in [5.74, 6) is 0.0144. The van der Waals surface area contributed by atoms with Crippen molar-refractivity contribution in [2.45, 2.75) is 38.9 Å². The lowest BCUT2D eigenvalue weighted by atomic mass is 9.59. The predicted molar refractivity (Wildman–Crippen MR) is 67.7 cm³/mol. The normalized spacial score (nSPS) is 42.7. The molecule has 0 aromatic heterocycles. The van der Waals surface area contributed by atoms with Crippen molar-refractivity contribution in [2.24, 2.45) is 11.3 Å². The first-order valence-electron chi connectivity index (χ1n) is 6.39. The molecular formula is C15H18O3. The number of aliphatic hydroxyl groups excluding tert-OH is 1. The van der Waals surface area contributed by atoms with Gasteiger partial charge in [0.15, 0.2) is 0 Å². The Kier molecular flexibility index (Phi) is 2.33. The average molecular weight is 246 g/mol. The summed E-state index contributed by atoms with van der Waals surface area (Å²) in [5.41, 5.74) is 2.65. The van der Waals surface area contributed by atoms with Gasteiger partial charge in [0.1, 0.15) is 6.10 Å². The Morgan fingerprint density at radius 1 is 1.56 bits per heavy atom. The van der Waals surface area contributed by atoms with E-state index in [1.807, 2.05) is 6.92 Å². The molecule has 18 heavy (non-hydrogen) atoms. The molecule has 0 radical (unpaired) electrons. The molecule has 96 valence electrons. The largest absolute Gasteiger partial charge is 0.454 e. The Hall–Kier alpha value is -1.35. The second kappa shape index (κ2) is 3.58. The number of rotatable bonds is 0. The summed E-state index contributed by atoms with van der Waals surface area (Å²) in [7, 11) is 0. The molecule has 0 unspecified atom stereocenters. The number of esters is 1. The molecule has 3 nitrogen and oxygen atoms in total. The maximum absolute atomic E-state index is 11.6. The fourth-order valence-corrected chi connectivity index (χ4v) is 3.49. The van der Waals surface area contributed by atoms with E-state index in [9.17, 15) is 9.90 Å². The van der Waals surface area contributed by atoms with Gasteiger partial charge in [0, 0.05) is 5.57 Å². The Balaban J connectivity index is 2.02. The van der Waals surface area contributed by atoms with E-state index in [0.29, 0.717) is 0 Å². The zero-order valence-electron chi connectivity index (χ0n) is 10.8. The predicted octanol–water partition coefficient (Wildman–Crippen LogP) is 2.13. The Bertz CT molecular complexity index is 500. The van der Waals surface area contributed by atoms with E-state index in [-0.39, 0.29) is 23.4 Å². The fraction of sp³-hybridized carbons (Fsp3) is 0.533. The van der Waals surface area contributed by atoms with Crippen LogP contribution in [0.15, 0.2) is 35.5 Å². The number of fused-ring (bicyclic) bond motifs is 2. The van der Waals surface area contributed by atoms with Crippen molar-refractivity contribution in [1.29, 1.82) is 0 Å². The van der Waals surface area contributed by atoms with Crippen LogP contribution in [0.2, 0.25) is 0 Å². The van der Waals surface area contributed by atoms with E-state index >= 15 is 0 Å². The van der Waals surface area contributed by atoms with Crippen LogP contribution in [0.3, 0.4) is 0 Å². The lowest BCUT2D eigenvalue weighted by molar-refractivity contribution is -0.141. The van der Waals surface area contributed by atoms with Gasteiger partial charge in [-0.2, -0.15) is 0 Å². The van der Waals surface area contributed by atoms with E-state index in [2.05, 4.69) is 19.6 Å². The van der Waals surface area contributed by atoms with E-state index in [0.717, 1.165) is 29.6 Å². The molecule has 0 amide bonds. The Morgan fingerprint density at radius 2 is 2.28 bits per heavy atom. The lowest BCUT2D eigenvalue weighted by Gasteiger charge is -2.46. The van der Waals surface area contributed by atoms with Crippen molar-refractivity contribution in [2.75, 3.05) is 0 Å². The smallest absolute Gasteiger partial charge is 0.334 e. The van der Waals surface area contributed by atoms with Gasteiger partial charge in [0.2, 0.25) is 0 Å². The van der Waals surface area contributed by atoms with Crippen LogP contribution in [0.25, 0.3) is 0 Å². The fourth-order valence-electron chi connectivity index (χ4n) is 3.49. The molecule has 0 aromatic rings. The highest BCUT2D eigenvalue weighted by Crippen LogP contribution is 2.53. The third-order valence-electron chi connectivity index (χ3n) is 4.76. The van der Waals surface area contributed by atoms with Crippen molar-refractivity contribution in [3.8, 4) is 0 Å². The number of ether oxygens (including phenoxy) is 1. The number of hydrogen-bond donors (Lipinski definition) is 1. The van der Waals surface area contributed by atoms with Crippen molar-refractivity contribution < 1.29 is 14.6 Å². The third kappa shape index (κ3) is 1.43. The van der Waals surface area contributed by atoms with Crippen molar-refractivity contribution in [3.05, 3.63) is 35.5 Å². The monoisotopic (exact) mass is 246 g/mol. The minimum absolute atomic E-state index is 0.0601. The molecule has 4 atom stereocenters. The third-order valence-corrected chi connectivity index (χ3v) is 4.76. The first kappa shape index (κ1) is 11.7.